The predicted molar refractivity (Wildman–Crippen MR) is 87.7 cm³/mol. The summed E-state index contributed by atoms with van der Waals surface area (Å²) < 4.78 is 11.7. The quantitative estimate of drug-likeness (QED) is 0.913. The van der Waals surface area contributed by atoms with E-state index >= 15 is 0 Å². The molecule has 1 aromatic rings. The fraction of sp³-hybridized carbons (Fsp3) is 0.474. The molecule has 0 aromatic heterocycles. The second-order valence-corrected chi connectivity index (χ2v) is 6.66. The average molecular weight is 334 g/mol. The number of benzene rings is 1. The van der Waals surface area contributed by atoms with Gasteiger partial charge in [0, 0.05) is 6.92 Å². The zero-order chi connectivity index (χ0) is 18.3. The van der Waals surface area contributed by atoms with E-state index in [-0.39, 0.29) is 5.90 Å². The monoisotopic (exact) mass is 334 g/mol. The first-order valence-electron chi connectivity index (χ1n) is 8.17. The number of fused-ring (bicyclic) bond motifs is 2. The van der Waals surface area contributed by atoms with E-state index in [0.717, 1.165) is 5.56 Å². The molecule has 0 amide bonds. The van der Waals surface area contributed by atoms with Crippen LogP contribution in [0.25, 0.3) is 0 Å². The summed E-state index contributed by atoms with van der Waals surface area (Å²) in [5, 5.41) is 38.2. The lowest BCUT2D eigenvalue weighted by Crippen LogP contribution is -2.62. The van der Waals surface area contributed by atoms with Gasteiger partial charge in [-0.25, -0.2) is 0 Å². The van der Waals surface area contributed by atoms with E-state index in [9.17, 15) is 15.8 Å². The molecule has 2 fully saturated rings. The minimum atomic E-state index is -1.79. The summed E-state index contributed by atoms with van der Waals surface area (Å²) in [6, 6.07) is 15.6. The van der Waals surface area contributed by atoms with Gasteiger partial charge in [-0.1, -0.05) is 37.3 Å². The lowest BCUT2D eigenvalue weighted by Gasteiger charge is -2.48. The maximum absolute atomic E-state index is 10.1. The van der Waals surface area contributed by atoms with Crippen LogP contribution in [0.2, 0.25) is 0 Å². The molecule has 4 atom stereocenters. The van der Waals surface area contributed by atoms with Crippen molar-refractivity contribution in [1.29, 1.82) is 21.2 Å². The number of hydrogen-bond acceptors (Lipinski definition) is 6. The third-order valence-electron chi connectivity index (χ3n) is 5.48. The molecule has 2 saturated heterocycles. The normalized spacial score (nSPS) is 35.1. The highest BCUT2D eigenvalue weighted by Gasteiger charge is 2.78. The SMILES string of the molecule is CCC1OC2(C)OC(=N)C(C#N)(C2Cc2ccccc2)C1(C#N)C#N. The van der Waals surface area contributed by atoms with Crippen molar-refractivity contribution in [3.05, 3.63) is 35.9 Å². The summed E-state index contributed by atoms with van der Waals surface area (Å²) in [5.41, 5.74) is -2.52. The highest BCUT2D eigenvalue weighted by atomic mass is 16.7. The molecule has 2 aliphatic rings. The van der Waals surface area contributed by atoms with Crippen molar-refractivity contribution in [3.63, 3.8) is 0 Å². The second-order valence-electron chi connectivity index (χ2n) is 6.66. The molecule has 6 nitrogen and oxygen atoms in total. The van der Waals surface area contributed by atoms with Crippen molar-refractivity contribution in [2.24, 2.45) is 16.7 Å². The lowest BCUT2D eigenvalue weighted by molar-refractivity contribution is -0.269. The molecule has 2 heterocycles. The molecule has 3 rings (SSSR count). The van der Waals surface area contributed by atoms with E-state index < -0.39 is 28.6 Å². The summed E-state index contributed by atoms with van der Waals surface area (Å²) in [4.78, 5) is 0. The van der Waals surface area contributed by atoms with Gasteiger partial charge in [0.25, 0.3) is 0 Å². The van der Waals surface area contributed by atoms with Gasteiger partial charge < -0.3 is 9.47 Å². The molecule has 2 aliphatic heterocycles. The van der Waals surface area contributed by atoms with Crippen LogP contribution < -0.4 is 0 Å². The number of rotatable bonds is 3. The zero-order valence-electron chi connectivity index (χ0n) is 14.1. The van der Waals surface area contributed by atoms with Gasteiger partial charge in [0.05, 0.1) is 30.2 Å². The minimum Gasteiger partial charge on any atom is -0.448 e. The molecule has 4 unspecified atom stereocenters. The van der Waals surface area contributed by atoms with E-state index in [4.69, 9.17) is 14.9 Å². The Balaban J connectivity index is 2.23. The first kappa shape index (κ1) is 17.0. The van der Waals surface area contributed by atoms with Crippen LogP contribution in [0.15, 0.2) is 30.3 Å². The van der Waals surface area contributed by atoms with Crippen molar-refractivity contribution in [1.82, 2.24) is 0 Å². The predicted octanol–water partition coefficient (Wildman–Crippen LogP) is 2.92. The summed E-state index contributed by atoms with van der Waals surface area (Å²) in [6.07, 6.45) is -0.0639. The Kier molecular flexibility index (Phi) is 3.79. The third-order valence-corrected chi connectivity index (χ3v) is 5.48. The molecule has 126 valence electrons. The molecule has 2 bridgehead atoms. The zero-order valence-corrected chi connectivity index (χ0v) is 14.1. The van der Waals surface area contributed by atoms with Crippen LogP contribution in [0, 0.1) is 56.2 Å². The van der Waals surface area contributed by atoms with Gasteiger partial charge in [0.2, 0.25) is 11.7 Å². The van der Waals surface area contributed by atoms with Gasteiger partial charge in [0.15, 0.2) is 10.8 Å². The fourth-order valence-electron chi connectivity index (χ4n) is 4.23. The van der Waals surface area contributed by atoms with E-state index in [1.54, 1.807) is 13.8 Å². The Morgan fingerprint density at radius 2 is 1.76 bits per heavy atom. The van der Waals surface area contributed by atoms with Gasteiger partial charge >= 0.3 is 0 Å². The summed E-state index contributed by atoms with van der Waals surface area (Å²) >= 11 is 0. The first-order valence-corrected chi connectivity index (χ1v) is 8.17. The van der Waals surface area contributed by atoms with Crippen LogP contribution >= 0.6 is 0 Å². The fourth-order valence-corrected chi connectivity index (χ4v) is 4.23. The van der Waals surface area contributed by atoms with Gasteiger partial charge in [0.1, 0.15) is 0 Å². The van der Waals surface area contributed by atoms with Crippen molar-refractivity contribution in [3.8, 4) is 18.2 Å². The van der Waals surface area contributed by atoms with Crippen LogP contribution in [-0.2, 0) is 15.9 Å². The number of ether oxygens (including phenoxy) is 2. The van der Waals surface area contributed by atoms with Crippen LogP contribution in [0.3, 0.4) is 0 Å². The van der Waals surface area contributed by atoms with Crippen LogP contribution in [-0.4, -0.2) is 17.8 Å². The van der Waals surface area contributed by atoms with Crippen LogP contribution in [0.1, 0.15) is 25.8 Å². The maximum Gasteiger partial charge on any atom is 0.214 e. The highest BCUT2D eigenvalue weighted by molar-refractivity contribution is 5.89. The standard InChI is InChI=1S/C19H18N4O2/c1-3-15-18(10-20,11-21)19(12-22)14(9-13-7-5-4-6-8-13)17(2,24-15)25-16(19)23/h4-8,14-15,23H,3,9H2,1-2H3. The summed E-state index contributed by atoms with van der Waals surface area (Å²) in [7, 11) is 0. The van der Waals surface area contributed by atoms with Gasteiger partial charge in [-0.2, -0.15) is 15.8 Å². The van der Waals surface area contributed by atoms with Crippen molar-refractivity contribution in [2.45, 2.75) is 38.6 Å². The van der Waals surface area contributed by atoms with Crippen molar-refractivity contribution in [2.75, 3.05) is 0 Å². The van der Waals surface area contributed by atoms with E-state index in [2.05, 4.69) is 6.07 Å². The maximum atomic E-state index is 10.1. The average Bonchev–Trinajstić information content (AvgIpc) is 2.79. The third kappa shape index (κ3) is 1.94. The molecule has 0 aliphatic carbocycles. The van der Waals surface area contributed by atoms with Crippen molar-refractivity contribution < 1.29 is 9.47 Å². The summed E-state index contributed by atoms with van der Waals surface area (Å²) in [6.45, 7) is 3.48. The Morgan fingerprint density at radius 1 is 1.12 bits per heavy atom. The topological polar surface area (TPSA) is 114 Å². The Bertz CT molecular complexity index is 818. The molecule has 1 N–H and O–H groups in total. The highest BCUT2D eigenvalue weighted by Crippen LogP contribution is 2.63. The van der Waals surface area contributed by atoms with Crippen LogP contribution in [0.5, 0.6) is 0 Å². The Morgan fingerprint density at radius 3 is 2.28 bits per heavy atom. The van der Waals surface area contributed by atoms with E-state index in [1.807, 2.05) is 42.5 Å². The van der Waals surface area contributed by atoms with Gasteiger partial charge in [-0.15, -0.1) is 0 Å². The molecule has 0 spiro atoms. The van der Waals surface area contributed by atoms with Gasteiger partial charge in [-0.3, -0.25) is 5.41 Å². The number of hydrogen-bond donors (Lipinski definition) is 1. The number of nitriles is 3. The van der Waals surface area contributed by atoms with Gasteiger partial charge in [-0.05, 0) is 18.4 Å². The summed E-state index contributed by atoms with van der Waals surface area (Å²) in [5.74, 6) is -2.21. The van der Waals surface area contributed by atoms with E-state index in [1.165, 1.54) is 0 Å². The lowest BCUT2D eigenvalue weighted by atomic mass is 9.53. The smallest absolute Gasteiger partial charge is 0.214 e. The molecule has 1 aromatic carbocycles. The first-order chi connectivity index (χ1) is 11.9. The molecular formula is C19H18N4O2. The molecule has 0 saturated carbocycles. The minimum absolute atomic E-state index is 0.350. The van der Waals surface area contributed by atoms with E-state index in [0.29, 0.717) is 12.8 Å². The molecule has 6 heteroatoms. The second kappa shape index (κ2) is 5.59. The van der Waals surface area contributed by atoms with Crippen molar-refractivity contribution >= 4 is 5.90 Å². The largest absolute Gasteiger partial charge is 0.448 e. The number of nitrogens with zero attached hydrogens (tertiary/aromatic N) is 3. The molecule has 0 radical (unpaired) electrons. The molecular weight excluding hydrogens is 316 g/mol. The Hall–Kier alpha value is -2.88. The molecule has 25 heavy (non-hydrogen) atoms. The van der Waals surface area contributed by atoms with Crippen LogP contribution in [0.4, 0.5) is 0 Å². The Labute approximate surface area is 146 Å². The number of nitrogens with one attached hydrogen (secondary N) is 1.